The Morgan fingerprint density at radius 3 is 2.08 bits per heavy atom. The number of nitrogens with one attached hydrogen (secondary N) is 2. The lowest BCUT2D eigenvalue weighted by Crippen LogP contribution is -2.21. The maximum atomic E-state index is 11.9. The van der Waals surface area contributed by atoms with Crippen molar-refractivity contribution >= 4 is 52.4 Å². The van der Waals surface area contributed by atoms with Gasteiger partial charge in [-0.3, -0.25) is 9.59 Å². The van der Waals surface area contributed by atoms with Gasteiger partial charge in [-0.2, -0.15) is 0 Å². The van der Waals surface area contributed by atoms with Gasteiger partial charge in [0.2, 0.25) is 5.91 Å². The summed E-state index contributed by atoms with van der Waals surface area (Å²) < 4.78 is 4.94. The molecule has 0 unspecified atom stereocenters. The van der Waals surface area contributed by atoms with Gasteiger partial charge in [0.15, 0.2) is 6.61 Å². The topological polar surface area (TPSA) is 84.5 Å². The van der Waals surface area contributed by atoms with Crippen LogP contribution in [-0.4, -0.2) is 24.4 Å². The third-order valence-corrected chi connectivity index (χ3v) is 3.36. The van der Waals surface area contributed by atoms with Gasteiger partial charge in [0.1, 0.15) is 0 Å². The van der Waals surface area contributed by atoms with Crippen molar-refractivity contribution in [3.63, 3.8) is 0 Å². The fourth-order valence-electron chi connectivity index (χ4n) is 1.93. The van der Waals surface area contributed by atoms with Gasteiger partial charge in [0.05, 0.1) is 5.56 Å². The molecule has 25 heavy (non-hydrogen) atoms. The van der Waals surface area contributed by atoms with Gasteiger partial charge in [-0.05, 0) is 42.5 Å². The SMILES string of the molecule is CC(=O)Nc1ccc(C(=O)OCC(=O)Nc2cc(Cl)cc(Cl)c2)cc1. The van der Waals surface area contributed by atoms with Crippen LogP contribution in [0, 0.1) is 0 Å². The smallest absolute Gasteiger partial charge is 0.338 e. The lowest BCUT2D eigenvalue weighted by atomic mass is 10.2. The molecule has 2 rings (SSSR count). The van der Waals surface area contributed by atoms with E-state index in [1.165, 1.54) is 37.3 Å². The normalized spacial score (nSPS) is 10.0. The van der Waals surface area contributed by atoms with E-state index in [1.54, 1.807) is 12.1 Å². The second-order valence-corrected chi connectivity index (χ2v) is 5.91. The van der Waals surface area contributed by atoms with Crippen LogP contribution in [0.15, 0.2) is 42.5 Å². The number of benzene rings is 2. The summed E-state index contributed by atoms with van der Waals surface area (Å²) in [5.74, 6) is -1.40. The highest BCUT2D eigenvalue weighted by Gasteiger charge is 2.11. The molecule has 6 nitrogen and oxygen atoms in total. The number of ether oxygens (including phenoxy) is 1. The molecule has 0 atom stereocenters. The Balaban J connectivity index is 1.88. The lowest BCUT2D eigenvalue weighted by Gasteiger charge is -2.08. The molecule has 0 aliphatic heterocycles. The first kappa shape index (κ1) is 18.8. The first-order valence-corrected chi connectivity index (χ1v) is 7.90. The first-order chi connectivity index (χ1) is 11.8. The van der Waals surface area contributed by atoms with Gasteiger partial charge in [-0.15, -0.1) is 0 Å². The van der Waals surface area contributed by atoms with Crippen molar-refractivity contribution < 1.29 is 19.1 Å². The number of carbonyl (C=O) groups excluding carboxylic acids is 3. The zero-order chi connectivity index (χ0) is 18.4. The standard InChI is InChI=1S/C17H14Cl2N2O4/c1-10(22)20-14-4-2-11(3-5-14)17(24)25-9-16(23)21-15-7-12(18)6-13(19)8-15/h2-8H,9H2,1H3,(H,20,22)(H,21,23). The van der Waals surface area contributed by atoms with Crippen LogP contribution in [0.25, 0.3) is 0 Å². The number of rotatable bonds is 5. The Labute approximate surface area is 154 Å². The van der Waals surface area contributed by atoms with Gasteiger partial charge < -0.3 is 15.4 Å². The average Bonchev–Trinajstić information content (AvgIpc) is 2.51. The second-order valence-electron chi connectivity index (χ2n) is 5.04. The monoisotopic (exact) mass is 380 g/mol. The number of amides is 2. The van der Waals surface area contributed by atoms with Crippen molar-refractivity contribution in [2.75, 3.05) is 17.2 Å². The molecule has 2 amide bonds. The second kappa shape index (κ2) is 8.50. The largest absolute Gasteiger partial charge is 0.452 e. The van der Waals surface area contributed by atoms with Gasteiger partial charge in [0.25, 0.3) is 5.91 Å². The average molecular weight is 381 g/mol. The van der Waals surface area contributed by atoms with Crippen LogP contribution in [0.1, 0.15) is 17.3 Å². The van der Waals surface area contributed by atoms with Crippen molar-refractivity contribution in [3.8, 4) is 0 Å². The van der Waals surface area contributed by atoms with E-state index >= 15 is 0 Å². The molecule has 0 aliphatic carbocycles. The zero-order valence-corrected chi connectivity index (χ0v) is 14.6. The minimum atomic E-state index is -0.659. The van der Waals surface area contributed by atoms with E-state index < -0.39 is 18.5 Å². The van der Waals surface area contributed by atoms with Crippen LogP contribution in [0.2, 0.25) is 10.0 Å². The molecule has 0 radical (unpaired) electrons. The molecule has 130 valence electrons. The number of anilines is 2. The minimum absolute atomic E-state index is 0.215. The number of hydrogen-bond acceptors (Lipinski definition) is 4. The predicted molar refractivity (Wildman–Crippen MR) is 96.1 cm³/mol. The molecular weight excluding hydrogens is 367 g/mol. The van der Waals surface area contributed by atoms with Crippen LogP contribution in [0.5, 0.6) is 0 Å². The third kappa shape index (κ3) is 6.10. The Morgan fingerprint density at radius 1 is 0.920 bits per heavy atom. The predicted octanol–water partition coefficient (Wildman–Crippen LogP) is 3.75. The van der Waals surface area contributed by atoms with E-state index in [2.05, 4.69) is 10.6 Å². The van der Waals surface area contributed by atoms with Gasteiger partial charge >= 0.3 is 5.97 Å². The van der Waals surface area contributed by atoms with Crippen molar-refractivity contribution in [3.05, 3.63) is 58.1 Å². The van der Waals surface area contributed by atoms with Crippen LogP contribution < -0.4 is 10.6 Å². The van der Waals surface area contributed by atoms with Crippen molar-refractivity contribution in [2.45, 2.75) is 6.92 Å². The highest BCUT2D eigenvalue weighted by Crippen LogP contribution is 2.22. The summed E-state index contributed by atoms with van der Waals surface area (Å²) in [6.45, 7) is 0.921. The molecule has 2 N–H and O–H groups in total. The Hall–Kier alpha value is -2.57. The molecule has 0 aliphatic rings. The summed E-state index contributed by atoms with van der Waals surface area (Å²) in [5, 5.41) is 5.86. The highest BCUT2D eigenvalue weighted by atomic mass is 35.5. The van der Waals surface area contributed by atoms with E-state index in [0.717, 1.165) is 0 Å². The first-order valence-electron chi connectivity index (χ1n) is 7.14. The molecule has 0 saturated heterocycles. The third-order valence-electron chi connectivity index (χ3n) is 2.92. The summed E-state index contributed by atoms with van der Waals surface area (Å²) in [5.41, 5.74) is 1.21. The van der Waals surface area contributed by atoms with Gasteiger partial charge in [0, 0.05) is 28.3 Å². The molecule has 0 fully saturated rings. The highest BCUT2D eigenvalue weighted by molar-refractivity contribution is 6.35. The fraction of sp³-hybridized carbons (Fsp3) is 0.118. The summed E-state index contributed by atoms with van der Waals surface area (Å²) in [7, 11) is 0. The van der Waals surface area contributed by atoms with Crippen molar-refractivity contribution in [1.29, 1.82) is 0 Å². The molecule has 0 heterocycles. The summed E-state index contributed by atoms with van der Waals surface area (Å²) >= 11 is 11.7. The number of carbonyl (C=O) groups is 3. The Morgan fingerprint density at radius 2 is 1.52 bits per heavy atom. The van der Waals surface area contributed by atoms with Gasteiger partial charge in [-0.1, -0.05) is 23.2 Å². The zero-order valence-electron chi connectivity index (χ0n) is 13.1. The lowest BCUT2D eigenvalue weighted by molar-refractivity contribution is -0.119. The van der Waals surface area contributed by atoms with Crippen molar-refractivity contribution in [1.82, 2.24) is 0 Å². The van der Waals surface area contributed by atoms with Crippen LogP contribution >= 0.6 is 23.2 Å². The number of hydrogen-bond donors (Lipinski definition) is 2. The summed E-state index contributed by atoms with van der Waals surface area (Å²) in [4.78, 5) is 34.7. The van der Waals surface area contributed by atoms with E-state index in [4.69, 9.17) is 27.9 Å². The maximum absolute atomic E-state index is 11.9. The number of esters is 1. The van der Waals surface area contributed by atoms with E-state index in [9.17, 15) is 14.4 Å². The Kier molecular flexibility index (Phi) is 6.38. The van der Waals surface area contributed by atoms with Crippen LogP contribution in [0.3, 0.4) is 0 Å². The quantitative estimate of drug-likeness (QED) is 0.773. The summed E-state index contributed by atoms with van der Waals surface area (Å²) in [6.07, 6.45) is 0. The van der Waals surface area contributed by atoms with Crippen molar-refractivity contribution in [2.24, 2.45) is 0 Å². The molecule has 2 aromatic rings. The van der Waals surface area contributed by atoms with E-state index in [1.807, 2.05) is 0 Å². The Bertz CT molecular complexity index is 787. The van der Waals surface area contributed by atoms with E-state index in [-0.39, 0.29) is 11.5 Å². The molecule has 0 bridgehead atoms. The van der Waals surface area contributed by atoms with Crippen LogP contribution in [-0.2, 0) is 14.3 Å². The minimum Gasteiger partial charge on any atom is -0.452 e. The van der Waals surface area contributed by atoms with E-state index in [0.29, 0.717) is 21.4 Å². The maximum Gasteiger partial charge on any atom is 0.338 e. The van der Waals surface area contributed by atoms with Gasteiger partial charge in [-0.25, -0.2) is 4.79 Å². The van der Waals surface area contributed by atoms with Crippen LogP contribution in [0.4, 0.5) is 11.4 Å². The molecule has 0 saturated carbocycles. The molecule has 0 spiro atoms. The molecule has 8 heteroatoms. The summed E-state index contributed by atoms with van der Waals surface area (Å²) in [6, 6.07) is 10.7. The molecular formula is C17H14Cl2N2O4. The molecule has 2 aromatic carbocycles. The molecule has 0 aromatic heterocycles. The fourth-order valence-corrected chi connectivity index (χ4v) is 2.46. The number of halogens is 2.